The third kappa shape index (κ3) is 3.18. The summed E-state index contributed by atoms with van der Waals surface area (Å²) in [6.45, 7) is 13.3. The lowest BCUT2D eigenvalue weighted by molar-refractivity contribution is -0.407. The number of aliphatic hydroxyl groups is 1. The molecule has 4 heterocycles. The van der Waals surface area contributed by atoms with Crippen molar-refractivity contribution in [3.63, 3.8) is 0 Å². The van der Waals surface area contributed by atoms with Gasteiger partial charge in [0.2, 0.25) is 0 Å². The van der Waals surface area contributed by atoms with E-state index in [0.29, 0.717) is 30.1 Å². The second kappa shape index (κ2) is 8.09. The van der Waals surface area contributed by atoms with Gasteiger partial charge in [-0.2, -0.15) is 0 Å². The lowest BCUT2D eigenvalue weighted by Gasteiger charge is -2.60. The summed E-state index contributed by atoms with van der Waals surface area (Å²) in [5.41, 5.74) is -1.95. The first-order valence-electron chi connectivity index (χ1n) is 15.9. The molecule has 0 aromatic carbocycles. The highest BCUT2D eigenvalue weighted by Gasteiger charge is 2.77. The van der Waals surface area contributed by atoms with E-state index in [1.165, 1.54) is 0 Å². The second-order valence-corrected chi connectivity index (χ2v) is 15.6. The molecule has 7 aliphatic rings. The highest BCUT2D eigenvalue weighted by atomic mass is 16.9. The van der Waals surface area contributed by atoms with Crippen LogP contribution in [-0.2, 0) is 29.7 Å². The Balaban J connectivity index is 1.10. The minimum Gasteiger partial charge on any atom is -0.386 e. The predicted octanol–water partition coefficient (Wildman–Crippen LogP) is 5.31. The van der Waals surface area contributed by atoms with Gasteiger partial charge in [0, 0.05) is 18.8 Å². The Morgan fingerprint density at radius 1 is 1.07 bits per heavy atom. The number of allylic oxidation sites excluding steroid dienone is 1. The van der Waals surface area contributed by atoms with Gasteiger partial charge in [-0.1, -0.05) is 19.9 Å². The molecule has 7 nitrogen and oxygen atoms in total. The van der Waals surface area contributed by atoms with Gasteiger partial charge in [-0.3, -0.25) is 9.78 Å². The molecule has 2 bridgehead atoms. The van der Waals surface area contributed by atoms with E-state index in [1.807, 2.05) is 25.1 Å². The number of aromatic nitrogens is 1. The van der Waals surface area contributed by atoms with Crippen LogP contribution in [0.2, 0.25) is 0 Å². The molecule has 8 rings (SSSR count). The summed E-state index contributed by atoms with van der Waals surface area (Å²) in [6.07, 6.45) is 12.5. The van der Waals surface area contributed by atoms with Crippen molar-refractivity contribution >= 4 is 5.78 Å². The number of ketones is 1. The number of hydrogen-bond acceptors (Lipinski definition) is 7. The predicted molar refractivity (Wildman–Crippen MR) is 150 cm³/mol. The number of carbonyl (C=O) groups excluding carboxylic acids is 1. The summed E-state index contributed by atoms with van der Waals surface area (Å²) < 4.78 is 26.5. The van der Waals surface area contributed by atoms with E-state index >= 15 is 0 Å². The van der Waals surface area contributed by atoms with Gasteiger partial charge in [0.25, 0.3) is 0 Å². The first-order chi connectivity index (χ1) is 19.3. The fourth-order valence-electron chi connectivity index (χ4n) is 11.0. The molecule has 6 fully saturated rings. The maximum Gasteiger partial charge on any atom is 0.315 e. The number of epoxide rings is 1. The molecular weight excluding hydrogens is 518 g/mol. The Kier molecular flexibility index (Phi) is 5.32. The number of ether oxygens (including phenoxy) is 4. The molecule has 3 saturated heterocycles. The van der Waals surface area contributed by atoms with Crippen LogP contribution in [0.25, 0.3) is 0 Å². The fraction of sp³-hybridized carbons (Fsp3) is 0.765. The minimum absolute atomic E-state index is 0.0297. The molecule has 7 heteroatoms. The van der Waals surface area contributed by atoms with Crippen molar-refractivity contribution < 1.29 is 28.8 Å². The summed E-state index contributed by atoms with van der Waals surface area (Å²) in [6, 6.07) is 3.89. The highest BCUT2D eigenvalue weighted by molar-refractivity contribution is 5.97. The van der Waals surface area contributed by atoms with E-state index in [-0.39, 0.29) is 35.4 Å². The van der Waals surface area contributed by atoms with E-state index in [0.717, 1.165) is 37.7 Å². The summed E-state index contributed by atoms with van der Waals surface area (Å²) in [5, 5.41) is 11.9. The Hall–Kier alpha value is -1.64. The summed E-state index contributed by atoms with van der Waals surface area (Å²) in [7, 11) is 0. The molecule has 3 saturated carbocycles. The maximum atomic E-state index is 13.5. The number of nitrogens with zero attached hydrogens (tertiary/aromatic N) is 1. The summed E-state index contributed by atoms with van der Waals surface area (Å²) in [5.74, 6) is 0.529. The number of fused-ring (bicyclic) bond motifs is 10. The van der Waals surface area contributed by atoms with Gasteiger partial charge < -0.3 is 24.1 Å². The normalized spacial score (nSPS) is 55.0. The number of carbonyl (C=O) groups is 1. The largest absolute Gasteiger partial charge is 0.386 e. The molecule has 0 amide bonds. The van der Waals surface area contributed by atoms with E-state index in [1.54, 1.807) is 18.5 Å². The van der Waals surface area contributed by atoms with Crippen LogP contribution in [0.4, 0.5) is 0 Å². The average molecular weight is 564 g/mol. The van der Waals surface area contributed by atoms with Crippen LogP contribution < -0.4 is 0 Å². The molecule has 0 radical (unpaired) electrons. The standard InChI is InChI=1S/C34H45NO6/c1-19(24-17-31(5)29(2,3)40-34(39-24,41-31)20-9-8-16-35-18-20)21-11-12-22-26-23(13-15-30(21,22)4)32(6)25(36)10-7-14-33(32,37)28-27(26)38-28/h7-10,16,18-19,21-24,26-28,37H,11-15,17H2,1-6H3. The molecule has 13 unspecified atom stereocenters. The third-order valence-electron chi connectivity index (χ3n) is 13.8. The molecule has 3 aliphatic heterocycles. The van der Waals surface area contributed by atoms with E-state index in [2.05, 4.69) is 39.6 Å². The number of rotatable bonds is 3. The van der Waals surface area contributed by atoms with Gasteiger partial charge in [-0.25, -0.2) is 0 Å². The molecule has 1 aromatic rings. The third-order valence-corrected chi connectivity index (χ3v) is 13.8. The zero-order chi connectivity index (χ0) is 28.8. The maximum absolute atomic E-state index is 13.5. The number of pyridine rings is 1. The Bertz CT molecular complexity index is 1310. The Morgan fingerprint density at radius 2 is 1.88 bits per heavy atom. The topological polar surface area (TPSA) is 90.4 Å². The van der Waals surface area contributed by atoms with Gasteiger partial charge in [0.05, 0.1) is 28.8 Å². The van der Waals surface area contributed by atoms with Gasteiger partial charge in [0.15, 0.2) is 5.78 Å². The molecule has 0 spiro atoms. The molecule has 1 N–H and O–H groups in total. The van der Waals surface area contributed by atoms with Crippen LogP contribution in [0.5, 0.6) is 0 Å². The summed E-state index contributed by atoms with van der Waals surface area (Å²) in [4.78, 5) is 17.8. The first kappa shape index (κ1) is 26.9. The van der Waals surface area contributed by atoms with Crippen molar-refractivity contribution in [2.45, 2.75) is 121 Å². The molecular formula is C34H45NO6. The van der Waals surface area contributed by atoms with Crippen molar-refractivity contribution in [1.82, 2.24) is 4.98 Å². The van der Waals surface area contributed by atoms with Crippen LogP contribution in [-0.4, -0.2) is 51.0 Å². The van der Waals surface area contributed by atoms with Gasteiger partial charge >= 0.3 is 5.97 Å². The van der Waals surface area contributed by atoms with Crippen molar-refractivity contribution in [2.24, 2.45) is 40.4 Å². The molecule has 1 aromatic heterocycles. The van der Waals surface area contributed by atoms with Crippen LogP contribution in [0.3, 0.4) is 0 Å². The Labute approximate surface area is 243 Å². The lowest BCUT2D eigenvalue weighted by atomic mass is 9.43. The lowest BCUT2D eigenvalue weighted by Crippen LogP contribution is -2.67. The monoisotopic (exact) mass is 563 g/mol. The van der Waals surface area contributed by atoms with Crippen molar-refractivity contribution in [2.75, 3.05) is 0 Å². The zero-order valence-electron chi connectivity index (χ0n) is 25.3. The Morgan fingerprint density at radius 3 is 2.63 bits per heavy atom. The average Bonchev–Trinajstić information content (AvgIpc) is 3.63. The van der Waals surface area contributed by atoms with Crippen LogP contribution in [0, 0.1) is 40.4 Å². The summed E-state index contributed by atoms with van der Waals surface area (Å²) >= 11 is 0. The zero-order valence-corrected chi connectivity index (χ0v) is 25.3. The van der Waals surface area contributed by atoms with Gasteiger partial charge in [-0.05, 0) is 113 Å². The fourth-order valence-corrected chi connectivity index (χ4v) is 11.0. The molecule has 222 valence electrons. The van der Waals surface area contributed by atoms with Crippen LogP contribution in [0.15, 0.2) is 36.7 Å². The quantitative estimate of drug-likeness (QED) is 0.499. The van der Waals surface area contributed by atoms with E-state index in [9.17, 15) is 9.90 Å². The molecule has 41 heavy (non-hydrogen) atoms. The van der Waals surface area contributed by atoms with E-state index in [4.69, 9.17) is 18.9 Å². The second-order valence-electron chi connectivity index (χ2n) is 15.6. The highest BCUT2D eigenvalue weighted by Crippen LogP contribution is 2.72. The molecule has 4 aliphatic carbocycles. The van der Waals surface area contributed by atoms with Gasteiger partial charge in [0.1, 0.15) is 17.3 Å². The number of hydrogen-bond donors (Lipinski definition) is 1. The first-order valence-corrected chi connectivity index (χ1v) is 15.9. The van der Waals surface area contributed by atoms with Crippen LogP contribution >= 0.6 is 0 Å². The minimum atomic E-state index is -1.26. The van der Waals surface area contributed by atoms with Gasteiger partial charge in [-0.15, -0.1) is 0 Å². The molecule has 13 atom stereocenters. The van der Waals surface area contributed by atoms with Crippen LogP contribution in [0.1, 0.15) is 85.6 Å². The van der Waals surface area contributed by atoms with E-state index < -0.39 is 28.2 Å². The van der Waals surface area contributed by atoms with Crippen molar-refractivity contribution in [1.29, 1.82) is 0 Å². The SMILES string of the molecule is CC(C1CC2(C)OC(c3cccnc3)(O1)OC2(C)C)C1CCC2C3C4OC4C4(O)CC=CC(=O)C4(C)C3CCC12C. The smallest absolute Gasteiger partial charge is 0.315 e. The van der Waals surface area contributed by atoms with Crippen molar-refractivity contribution in [3.05, 3.63) is 42.2 Å². The van der Waals surface area contributed by atoms with Crippen molar-refractivity contribution in [3.8, 4) is 0 Å².